The molecule has 12 nitrogen and oxygen atoms in total. The van der Waals surface area contributed by atoms with E-state index in [9.17, 15) is 9.90 Å². The highest BCUT2D eigenvalue weighted by Gasteiger charge is 2.28. The van der Waals surface area contributed by atoms with Crippen LogP contribution in [0.3, 0.4) is 0 Å². The minimum absolute atomic E-state index is 0. The lowest BCUT2D eigenvalue weighted by Crippen LogP contribution is -2.53. The molecule has 0 amide bonds. The Morgan fingerprint density at radius 2 is 1.91 bits per heavy atom. The van der Waals surface area contributed by atoms with E-state index in [1.54, 1.807) is 12.3 Å². The van der Waals surface area contributed by atoms with Crippen LogP contribution in [0, 0.1) is 0 Å². The number of nitrogens with one attached hydrogen (secondary N) is 1. The zero-order chi connectivity index (χ0) is 31.4. The molecule has 2 saturated heterocycles. The maximum absolute atomic E-state index is 13.4. The number of β-amino-alcohol motifs (C(OH)–C–C–N with tert-alkyl or cyclic N) is 1. The normalized spacial score (nSPS) is 18.3. The first-order valence-corrected chi connectivity index (χ1v) is 16.0. The van der Waals surface area contributed by atoms with Crippen LogP contribution in [-0.4, -0.2) is 106 Å². The van der Waals surface area contributed by atoms with Gasteiger partial charge in [-0.3, -0.25) is 14.6 Å². The number of rotatable bonds is 12. The number of aliphatic hydroxyl groups is 1. The molecule has 13 heteroatoms. The molecule has 6 rings (SSSR count). The summed E-state index contributed by atoms with van der Waals surface area (Å²) in [6.45, 7) is 13.8. The quantitative estimate of drug-likeness (QED) is 0.279. The van der Waals surface area contributed by atoms with Gasteiger partial charge < -0.3 is 29.2 Å². The lowest BCUT2D eigenvalue weighted by Gasteiger charge is -2.42. The van der Waals surface area contributed by atoms with E-state index in [2.05, 4.69) is 57.9 Å². The molecule has 3 aliphatic heterocycles. The lowest BCUT2D eigenvalue weighted by atomic mass is 9.98. The molecule has 5 heterocycles. The molecule has 1 aromatic carbocycles. The van der Waals surface area contributed by atoms with Crippen LogP contribution in [0.1, 0.15) is 61.0 Å². The van der Waals surface area contributed by atoms with Gasteiger partial charge in [-0.15, -0.1) is 0 Å². The van der Waals surface area contributed by atoms with Gasteiger partial charge >= 0.3 is 0 Å². The standard InChI is InChI=1S/C33H45N7O5.H2S/c1-33(2,3)40-12-10-39(11-13-40)32-36-29(15-31(37-32)35-25-19-43-20-25)30(42)7-5-26(41)18-38-9-8-23-14-27(6-4-24(23)17-38)44-21-28-16-34-22-45-28;/h4,6,14-16,22,25-26,41H,5,7-13,17-21H2,1-3H3,(H,35,36,37);1H2/t26-;/m0./s1. The Kier molecular flexibility index (Phi) is 11.2. The summed E-state index contributed by atoms with van der Waals surface area (Å²) in [6.07, 6.45) is 3.90. The molecule has 0 bridgehead atoms. The molecule has 2 aromatic heterocycles. The number of hydrogen-bond acceptors (Lipinski definition) is 12. The first-order chi connectivity index (χ1) is 21.7. The van der Waals surface area contributed by atoms with Crippen molar-refractivity contribution < 1.29 is 23.8 Å². The number of anilines is 2. The zero-order valence-corrected chi connectivity index (χ0v) is 28.1. The molecule has 0 saturated carbocycles. The van der Waals surface area contributed by atoms with E-state index in [4.69, 9.17) is 23.9 Å². The summed E-state index contributed by atoms with van der Waals surface area (Å²) >= 11 is 0. The molecule has 1 atom stereocenters. The average molecular weight is 654 g/mol. The summed E-state index contributed by atoms with van der Waals surface area (Å²) in [5, 5.41) is 14.3. The van der Waals surface area contributed by atoms with Gasteiger partial charge in [-0.2, -0.15) is 18.5 Å². The largest absolute Gasteiger partial charge is 0.486 e. The van der Waals surface area contributed by atoms with E-state index in [1.807, 2.05) is 6.07 Å². The monoisotopic (exact) mass is 653 g/mol. The number of Topliss-reactive ketones (excluding diaryl/α,β-unsaturated/α-hetero) is 1. The molecule has 2 fully saturated rings. The van der Waals surface area contributed by atoms with Crippen molar-refractivity contribution >= 4 is 31.0 Å². The third-order valence-electron chi connectivity index (χ3n) is 8.81. The average Bonchev–Trinajstić information content (AvgIpc) is 3.54. The van der Waals surface area contributed by atoms with Crippen molar-refractivity contribution in [3.63, 3.8) is 0 Å². The van der Waals surface area contributed by atoms with E-state index in [0.717, 1.165) is 51.4 Å². The van der Waals surface area contributed by atoms with E-state index >= 15 is 0 Å². The fourth-order valence-corrected chi connectivity index (χ4v) is 6.01. The molecule has 46 heavy (non-hydrogen) atoms. The number of hydrogen-bond donors (Lipinski definition) is 2. The van der Waals surface area contributed by atoms with Crippen molar-refractivity contribution in [2.75, 3.05) is 62.7 Å². The number of piperazine rings is 1. The number of ether oxygens (including phenoxy) is 2. The Balaban J connectivity index is 0.00000417. The van der Waals surface area contributed by atoms with Gasteiger partial charge in [0.15, 0.2) is 17.9 Å². The Morgan fingerprint density at radius 1 is 1.11 bits per heavy atom. The molecule has 0 radical (unpaired) electrons. The second-order valence-electron chi connectivity index (χ2n) is 13.2. The van der Waals surface area contributed by atoms with Gasteiger partial charge in [-0.25, -0.2) is 9.97 Å². The van der Waals surface area contributed by atoms with Crippen molar-refractivity contribution in [1.29, 1.82) is 0 Å². The predicted octanol–water partition coefficient (Wildman–Crippen LogP) is 3.27. The topological polar surface area (TPSA) is 129 Å². The number of nitrogens with zero attached hydrogens (tertiary/aromatic N) is 6. The van der Waals surface area contributed by atoms with Crippen LogP contribution in [-0.2, 0) is 24.3 Å². The van der Waals surface area contributed by atoms with Crippen molar-refractivity contribution in [3.05, 3.63) is 59.4 Å². The third kappa shape index (κ3) is 8.77. The highest BCUT2D eigenvalue weighted by molar-refractivity contribution is 7.59. The van der Waals surface area contributed by atoms with Gasteiger partial charge in [-0.1, -0.05) is 6.07 Å². The molecule has 3 aromatic rings. The van der Waals surface area contributed by atoms with Crippen LogP contribution >= 0.6 is 13.5 Å². The summed E-state index contributed by atoms with van der Waals surface area (Å²) < 4.78 is 16.4. The minimum atomic E-state index is -0.614. The molecule has 3 aliphatic rings. The van der Waals surface area contributed by atoms with Crippen LogP contribution in [0.15, 0.2) is 41.3 Å². The van der Waals surface area contributed by atoms with Crippen molar-refractivity contribution in [2.24, 2.45) is 0 Å². The van der Waals surface area contributed by atoms with E-state index in [0.29, 0.717) is 56.0 Å². The maximum atomic E-state index is 13.4. The molecule has 2 N–H and O–H groups in total. The van der Waals surface area contributed by atoms with Gasteiger partial charge in [0.05, 0.1) is 31.6 Å². The summed E-state index contributed by atoms with van der Waals surface area (Å²) in [4.78, 5) is 33.7. The first kappa shape index (κ1) is 34.1. The van der Waals surface area contributed by atoms with Crippen LogP contribution < -0.4 is 15.0 Å². The van der Waals surface area contributed by atoms with Crippen molar-refractivity contribution in [2.45, 2.75) is 70.9 Å². The van der Waals surface area contributed by atoms with Crippen molar-refractivity contribution in [1.82, 2.24) is 24.8 Å². The van der Waals surface area contributed by atoms with E-state index in [1.165, 1.54) is 17.5 Å². The van der Waals surface area contributed by atoms with Gasteiger partial charge in [0.25, 0.3) is 0 Å². The highest BCUT2D eigenvalue weighted by atomic mass is 32.1. The fraction of sp³-hybridized carbons (Fsp3) is 0.576. The van der Waals surface area contributed by atoms with Gasteiger partial charge in [0.1, 0.15) is 23.9 Å². The lowest BCUT2D eigenvalue weighted by molar-refractivity contribution is 0.0209. The zero-order valence-electron chi connectivity index (χ0n) is 27.1. The first-order valence-electron chi connectivity index (χ1n) is 16.0. The van der Waals surface area contributed by atoms with E-state index in [-0.39, 0.29) is 37.3 Å². The van der Waals surface area contributed by atoms with Crippen LogP contribution in [0.2, 0.25) is 0 Å². The molecule has 250 valence electrons. The second kappa shape index (κ2) is 15.1. The Hall–Kier alpha value is -3.23. The second-order valence-corrected chi connectivity index (χ2v) is 13.2. The Morgan fingerprint density at radius 3 is 2.61 bits per heavy atom. The number of aliphatic hydroxyl groups excluding tert-OH is 1. The van der Waals surface area contributed by atoms with Crippen LogP contribution in [0.5, 0.6) is 5.75 Å². The number of fused-ring (bicyclic) bond motifs is 1. The van der Waals surface area contributed by atoms with Crippen molar-refractivity contribution in [3.8, 4) is 5.75 Å². The summed E-state index contributed by atoms with van der Waals surface area (Å²) in [5.41, 5.74) is 2.98. The third-order valence-corrected chi connectivity index (χ3v) is 8.81. The fourth-order valence-electron chi connectivity index (χ4n) is 6.01. The smallest absolute Gasteiger partial charge is 0.228 e. The molecular formula is C33H47N7O5S. The number of oxazole rings is 1. The van der Waals surface area contributed by atoms with Crippen LogP contribution in [0.4, 0.5) is 11.8 Å². The highest BCUT2D eigenvalue weighted by Crippen LogP contribution is 2.26. The predicted molar refractivity (Wildman–Crippen MR) is 180 cm³/mol. The molecule has 0 aliphatic carbocycles. The van der Waals surface area contributed by atoms with Crippen LogP contribution in [0.25, 0.3) is 0 Å². The van der Waals surface area contributed by atoms with Gasteiger partial charge in [0.2, 0.25) is 5.95 Å². The number of aromatic nitrogens is 3. The summed E-state index contributed by atoms with van der Waals surface area (Å²) in [5.74, 6) is 2.63. The number of carbonyl (C=O) groups is 1. The number of carbonyl (C=O) groups excluding carboxylic acids is 1. The number of ketones is 1. The Bertz CT molecular complexity index is 1440. The molecule has 0 spiro atoms. The van der Waals surface area contributed by atoms with Gasteiger partial charge in [-0.05, 0) is 56.9 Å². The minimum Gasteiger partial charge on any atom is -0.486 e. The molecule has 0 unspecified atom stereocenters. The SMILES string of the molecule is CC(C)(C)N1CCN(c2nc(NC3COC3)cc(C(=O)CC[C@H](O)CN3CCc4cc(OCc5cnco5)ccc4C3)n2)CC1.S. The summed E-state index contributed by atoms with van der Waals surface area (Å²) in [7, 11) is 0. The summed E-state index contributed by atoms with van der Waals surface area (Å²) in [6, 6.07) is 8.06. The maximum Gasteiger partial charge on any atom is 0.228 e. The number of benzene rings is 1. The Labute approximate surface area is 277 Å². The molecular weight excluding hydrogens is 606 g/mol. The van der Waals surface area contributed by atoms with E-state index < -0.39 is 6.10 Å². The van der Waals surface area contributed by atoms with Gasteiger partial charge in [0, 0.05) is 63.8 Å².